The Hall–Kier alpha value is -1.90. The molecule has 106 valence electrons. The lowest BCUT2D eigenvalue weighted by molar-refractivity contribution is 0.722. The van der Waals surface area contributed by atoms with E-state index in [0.717, 1.165) is 15.7 Å². The molecule has 3 nitrogen and oxygen atoms in total. The van der Waals surface area contributed by atoms with E-state index in [1.165, 1.54) is 0 Å². The summed E-state index contributed by atoms with van der Waals surface area (Å²) in [4.78, 5) is 0. The van der Waals surface area contributed by atoms with E-state index in [9.17, 15) is 0 Å². The summed E-state index contributed by atoms with van der Waals surface area (Å²) in [6, 6.07) is 17.5. The number of nitrogens with one attached hydrogen (secondary N) is 2. The summed E-state index contributed by atoms with van der Waals surface area (Å²) in [7, 11) is 0. The standard InChI is InChI=1S/C16H14BrN3S/c1-11(13-5-7-14(17)8-6-13)19-16(21)20-15-4-2-3-12(9-15)10-18/h2-9,11H,1H3,(H2,19,20,21). The number of thiocarbonyl (C=S) groups is 1. The number of anilines is 1. The molecule has 0 heterocycles. The Kier molecular flexibility index (Phi) is 5.32. The first-order valence-electron chi connectivity index (χ1n) is 6.41. The van der Waals surface area contributed by atoms with Crippen LogP contribution in [0.5, 0.6) is 0 Å². The maximum absolute atomic E-state index is 8.88. The molecule has 2 aromatic rings. The van der Waals surface area contributed by atoms with E-state index >= 15 is 0 Å². The van der Waals surface area contributed by atoms with Gasteiger partial charge in [0, 0.05) is 10.2 Å². The summed E-state index contributed by atoms with van der Waals surface area (Å²) >= 11 is 8.72. The molecule has 21 heavy (non-hydrogen) atoms. The number of nitriles is 1. The van der Waals surface area contributed by atoms with Gasteiger partial charge in [-0.25, -0.2) is 0 Å². The van der Waals surface area contributed by atoms with Gasteiger partial charge < -0.3 is 10.6 Å². The molecule has 1 unspecified atom stereocenters. The Morgan fingerprint density at radius 1 is 1.24 bits per heavy atom. The summed E-state index contributed by atoms with van der Waals surface area (Å²) in [5.41, 5.74) is 2.55. The highest BCUT2D eigenvalue weighted by atomic mass is 79.9. The van der Waals surface area contributed by atoms with Crippen LogP contribution in [-0.2, 0) is 0 Å². The molecule has 0 saturated carbocycles. The van der Waals surface area contributed by atoms with Crippen LogP contribution in [0.1, 0.15) is 24.1 Å². The fourth-order valence-electron chi connectivity index (χ4n) is 1.87. The third-order valence-electron chi connectivity index (χ3n) is 2.97. The molecule has 5 heteroatoms. The van der Waals surface area contributed by atoms with Gasteiger partial charge in [0.25, 0.3) is 0 Å². The average Bonchev–Trinajstić information content (AvgIpc) is 2.47. The van der Waals surface area contributed by atoms with E-state index in [2.05, 4.69) is 32.6 Å². The van der Waals surface area contributed by atoms with Gasteiger partial charge in [-0.2, -0.15) is 5.26 Å². The summed E-state index contributed by atoms with van der Waals surface area (Å²) in [5.74, 6) is 0. The lowest BCUT2D eigenvalue weighted by atomic mass is 10.1. The van der Waals surface area contributed by atoms with E-state index in [4.69, 9.17) is 17.5 Å². The largest absolute Gasteiger partial charge is 0.356 e. The first kappa shape index (κ1) is 15.5. The molecule has 0 amide bonds. The smallest absolute Gasteiger partial charge is 0.171 e. The van der Waals surface area contributed by atoms with Crippen molar-refractivity contribution in [3.8, 4) is 6.07 Å². The minimum absolute atomic E-state index is 0.0947. The zero-order chi connectivity index (χ0) is 15.2. The van der Waals surface area contributed by atoms with E-state index in [1.54, 1.807) is 12.1 Å². The Labute approximate surface area is 138 Å². The Bertz CT molecular complexity index is 677. The zero-order valence-electron chi connectivity index (χ0n) is 11.4. The van der Waals surface area contributed by atoms with E-state index in [0.29, 0.717) is 10.7 Å². The van der Waals surface area contributed by atoms with Crippen LogP contribution in [0.25, 0.3) is 0 Å². The second-order valence-corrected chi connectivity index (χ2v) is 5.89. The summed E-state index contributed by atoms with van der Waals surface area (Å²) in [5, 5.41) is 15.7. The van der Waals surface area contributed by atoms with Crippen LogP contribution in [0, 0.1) is 11.3 Å². The monoisotopic (exact) mass is 359 g/mol. The van der Waals surface area contributed by atoms with Crippen molar-refractivity contribution in [3.63, 3.8) is 0 Å². The number of rotatable bonds is 3. The lowest BCUT2D eigenvalue weighted by Crippen LogP contribution is -2.30. The van der Waals surface area contributed by atoms with Crippen molar-refractivity contribution >= 4 is 38.9 Å². The molecule has 1 atom stereocenters. The molecule has 0 saturated heterocycles. The van der Waals surface area contributed by atoms with Crippen molar-refractivity contribution < 1.29 is 0 Å². The van der Waals surface area contributed by atoms with Crippen LogP contribution in [0.2, 0.25) is 0 Å². The second kappa shape index (κ2) is 7.21. The van der Waals surface area contributed by atoms with Crippen LogP contribution in [0.15, 0.2) is 53.0 Å². The topological polar surface area (TPSA) is 47.8 Å². The van der Waals surface area contributed by atoms with Gasteiger partial charge in [-0.05, 0) is 55.0 Å². The molecule has 0 bridgehead atoms. The molecule has 0 aromatic heterocycles. The van der Waals surface area contributed by atoms with E-state index in [-0.39, 0.29) is 6.04 Å². The minimum Gasteiger partial charge on any atom is -0.356 e. The Morgan fingerprint density at radius 3 is 2.62 bits per heavy atom. The molecule has 2 aromatic carbocycles. The molecular formula is C16H14BrN3S. The van der Waals surface area contributed by atoms with Crippen LogP contribution >= 0.6 is 28.1 Å². The average molecular weight is 360 g/mol. The van der Waals surface area contributed by atoms with Crippen molar-refractivity contribution in [2.24, 2.45) is 0 Å². The first-order chi connectivity index (χ1) is 10.1. The van der Waals surface area contributed by atoms with Gasteiger partial charge >= 0.3 is 0 Å². The molecule has 2 N–H and O–H groups in total. The van der Waals surface area contributed by atoms with E-state index < -0.39 is 0 Å². The normalized spacial score (nSPS) is 11.3. The van der Waals surface area contributed by atoms with Crippen molar-refractivity contribution in [2.45, 2.75) is 13.0 Å². The number of halogens is 1. The first-order valence-corrected chi connectivity index (χ1v) is 7.62. The van der Waals surface area contributed by atoms with Crippen molar-refractivity contribution in [1.82, 2.24) is 5.32 Å². The van der Waals surface area contributed by atoms with Gasteiger partial charge in [-0.15, -0.1) is 0 Å². The summed E-state index contributed by atoms with van der Waals surface area (Å²) < 4.78 is 1.05. The SMILES string of the molecule is CC(NC(=S)Nc1cccc(C#N)c1)c1ccc(Br)cc1. The van der Waals surface area contributed by atoms with Crippen LogP contribution in [0.3, 0.4) is 0 Å². The molecule has 0 spiro atoms. The fraction of sp³-hybridized carbons (Fsp3) is 0.125. The van der Waals surface area contributed by atoms with Gasteiger partial charge in [0.2, 0.25) is 0 Å². The van der Waals surface area contributed by atoms with Crippen LogP contribution in [-0.4, -0.2) is 5.11 Å². The quantitative estimate of drug-likeness (QED) is 0.798. The highest BCUT2D eigenvalue weighted by Gasteiger charge is 2.07. The third-order valence-corrected chi connectivity index (χ3v) is 3.72. The highest BCUT2D eigenvalue weighted by molar-refractivity contribution is 9.10. The molecular weight excluding hydrogens is 346 g/mol. The fourth-order valence-corrected chi connectivity index (χ4v) is 2.42. The van der Waals surface area contributed by atoms with Crippen molar-refractivity contribution in [2.75, 3.05) is 5.32 Å². The van der Waals surface area contributed by atoms with Gasteiger partial charge in [-0.3, -0.25) is 0 Å². The second-order valence-electron chi connectivity index (χ2n) is 4.56. The van der Waals surface area contributed by atoms with E-state index in [1.807, 2.05) is 43.3 Å². The van der Waals surface area contributed by atoms with Crippen molar-refractivity contribution in [3.05, 3.63) is 64.1 Å². The third kappa shape index (κ3) is 4.55. The molecule has 0 radical (unpaired) electrons. The maximum atomic E-state index is 8.88. The lowest BCUT2D eigenvalue weighted by Gasteiger charge is -2.17. The van der Waals surface area contributed by atoms with Gasteiger partial charge in [0.1, 0.15) is 0 Å². The predicted octanol–water partition coefficient (Wildman–Crippen LogP) is 4.37. The highest BCUT2D eigenvalue weighted by Crippen LogP contribution is 2.17. The molecule has 0 aliphatic carbocycles. The predicted molar refractivity (Wildman–Crippen MR) is 93.1 cm³/mol. The van der Waals surface area contributed by atoms with Crippen LogP contribution < -0.4 is 10.6 Å². The zero-order valence-corrected chi connectivity index (χ0v) is 13.8. The maximum Gasteiger partial charge on any atom is 0.171 e. The summed E-state index contributed by atoms with van der Waals surface area (Å²) in [6.07, 6.45) is 0. The Morgan fingerprint density at radius 2 is 1.95 bits per heavy atom. The van der Waals surface area contributed by atoms with Gasteiger partial charge in [0.05, 0.1) is 17.7 Å². The van der Waals surface area contributed by atoms with Gasteiger partial charge in [-0.1, -0.05) is 34.1 Å². The number of benzene rings is 2. The summed E-state index contributed by atoms with van der Waals surface area (Å²) in [6.45, 7) is 2.04. The number of nitrogens with zero attached hydrogens (tertiary/aromatic N) is 1. The molecule has 0 fully saturated rings. The number of hydrogen-bond donors (Lipinski definition) is 2. The van der Waals surface area contributed by atoms with Crippen molar-refractivity contribution in [1.29, 1.82) is 5.26 Å². The molecule has 0 aliphatic heterocycles. The molecule has 2 rings (SSSR count). The van der Waals surface area contributed by atoms with Crippen LogP contribution in [0.4, 0.5) is 5.69 Å². The van der Waals surface area contributed by atoms with Gasteiger partial charge in [0.15, 0.2) is 5.11 Å². The molecule has 0 aliphatic rings. The minimum atomic E-state index is 0.0947. The number of hydrogen-bond acceptors (Lipinski definition) is 2. The Balaban J connectivity index is 1.98.